The molecule has 0 aliphatic carbocycles. The zero-order valence-electron chi connectivity index (χ0n) is 15.1. The molecule has 140 valence electrons. The van der Waals surface area contributed by atoms with E-state index in [0.717, 1.165) is 12.1 Å². The fourth-order valence-electron chi connectivity index (χ4n) is 3.32. The maximum absolute atomic E-state index is 13.0. The van der Waals surface area contributed by atoms with Crippen LogP contribution in [0.3, 0.4) is 0 Å². The van der Waals surface area contributed by atoms with Gasteiger partial charge in [-0.3, -0.25) is 0 Å². The first kappa shape index (κ1) is 19.2. The summed E-state index contributed by atoms with van der Waals surface area (Å²) in [5, 5.41) is 9.40. The van der Waals surface area contributed by atoms with Crippen LogP contribution in [0.4, 0.5) is 4.39 Å². The lowest BCUT2D eigenvalue weighted by molar-refractivity contribution is -1.02. The van der Waals surface area contributed by atoms with Gasteiger partial charge in [-0.2, -0.15) is 0 Å². The zero-order valence-corrected chi connectivity index (χ0v) is 16.7. The van der Waals surface area contributed by atoms with Gasteiger partial charge >= 0.3 is 0 Å². The molecule has 1 aliphatic heterocycles. The van der Waals surface area contributed by atoms with E-state index >= 15 is 0 Å². The van der Waals surface area contributed by atoms with Gasteiger partial charge < -0.3 is 20.4 Å². The monoisotopic (exact) mass is 394 g/mol. The Balaban J connectivity index is 1.52. The smallest absolute Gasteiger partial charge is 0.166 e. The first-order valence-electron chi connectivity index (χ1n) is 9.07. The number of halogens is 1. The summed E-state index contributed by atoms with van der Waals surface area (Å²) in [6, 6.07) is 11.3. The number of likely N-dealkylation sites (N-methyl/N-ethyl adjacent to an activating group) is 1. The summed E-state index contributed by atoms with van der Waals surface area (Å²) in [5.41, 5.74) is 1.01. The number of thiocarbonyl (C=S) groups is 1. The maximum Gasteiger partial charge on any atom is 0.166 e. The molecule has 0 spiro atoms. The van der Waals surface area contributed by atoms with Crippen molar-refractivity contribution >= 4 is 28.7 Å². The van der Waals surface area contributed by atoms with Crippen molar-refractivity contribution in [1.29, 1.82) is 0 Å². The maximum atomic E-state index is 13.0. The lowest BCUT2D eigenvalue weighted by Gasteiger charge is -2.33. The molecular weight excluding hydrogens is 367 g/mol. The van der Waals surface area contributed by atoms with Gasteiger partial charge in [-0.05, 0) is 41.4 Å². The Bertz CT molecular complexity index is 682. The number of nitrogens with one attached hydrogen (secondary N) is 4. The summed E-state index contributed by atoms with van der Waals surface area (Å²) in [6.45, 7) is 6.22. The molecule has 4 N–H and O–H groups in total. The van der Waals surface area contributed by atoms with Gasteiger partial charge in [-0.25, -0.2) is 4.39 Å². The second-order valence-corrected chi connectivity index (χ2v) is 8.26. The van der Waals surface area contributed by atoms with Crippen LogP contribution in [0.1, 0.15) is 16.5 Å². The molecule has 7 heteroatoms. The van der Waals surface area contributed by atoms with Crippen molar-refractivity contribution in [2.75, 3.05) is 39.8 Å². The number of benzene rings is 1. The largest absolute Gasteiger partial charge is 0.359 e. The number of thiophene rings is 1. The van der Waals surface area contributed by atoms with E-state index in [4.69, 9.17) is 12.2 Å². The Morgan fingerprint density at radius 2 is 1.88 bits per heavy atom. The van der Waals surface area contributed by atoms with E-state index < -0.39 is 0 Å². The molecule has 0 unspecified atom stereocenters. The van der Waals surface area contributed by atoms with Crippen LogP contribution in [-0.4, -0.2) is 44.9 Å². The van der Waals surface area contributed by atoms with Crippen molar-refractivity contribution in [3.05, 3.63) is 58.0 Å². The minimum atomic E-state index is -0.217. The van der Waals surface area contributed by atoms with E-state index in [1.54, 1.807) is 21.9 Å². The van der Waals surface area contributed by atoms with Crippen LogP contribution < -0.4 is 20.4 Å². The predicted molar refractivity (Wildman–Crippen MR) is 108 cm³/mol. The Morgan fingerprint density at radius 3 is 2.54 bits per heavy atom. The highest BCUT2D eigenvalue weighted by Gasteiger charge is 2.29. The van der Waals surface area contributed by atoms with E-state index in [1.165, 1.54) is 43.2 Å². The highest BCUT2D eigenvalue weighted by Crippen LogP contribution is 2.16. The van der Waals surface area contributed by atoms with Gasteiger partial charge in [0.2, 0.25) is 0 Å². The molecule has 4 nitrogen and oxygen atoms in total. The highest BCUT2D eigenvalue weighted by molar-refractivity contribution is 7.80. The minimum Gasteiger partial charge on any atom is -0.359 e. The van der Waals surface area contributed by atoms with E-state index in [1.807, 2.05) is 11.3 Å². The molecule has 0 saturated carbocycles. The summed E-state index contributed by atoms with van der Waals surface area (Å²) in [7, 11) is 2.27. The second-order valence-electron chi connectivity index (χ2n) is 6.87. The second kappa shape index (κ2) is 9.41. The highest BCUT2D eigenvalue weighted by atomic mass is 32.1. The molecule has 2 aromatic rings. The number of piperazine rings is 1. The molecule has 0 radical (unpaired) electrons. The summed E-state index contributed by atoms with van der Waals surface area (Å²) in [4.78, 5) is 4.66. The van der Waals surface area contributed by atoms with Crippen molar-refractivity contribution in [1.82, 2.24) is 10.6 Å². The summed E-state index contributed by atoms with van der Waals surface area (Å²) in [5.74, 6) is -0.217. The molecule has 0 bridgehead atoms. The molecule has 26 heavy (non-hydrogen) atoms. The van der Waals surface area contributed by atoms with E-state index in [9.17, 15) is 4.39 Å². The van der Waals surface area contributed by atoms with E-state index in [2.05, 4.69) is 35.2 Å². The third kappa shape index (κ3) is 5.48. The normalized spacial score (nSPS) is 21.2. The third-order valence-corrected chi connectivity index (χ3v) is 6.23. The molecule has 1 aromatic carbocycles. The van der Waals surface area contributed by atoms with Gasteiger partial charge in [0.15, 0.2) is 5.11 Å². The first-order valence-corrected chi connectivity index (χ1v) is 10.4. The van der Waals surface area contributed by atoms with Gasteiger partial charge in [0.1, 0.15) is 38.0 Å². The van der Waals surface area contributed by atoms with Crippen LogP contribution >= 0.6 is 23.6 Å². The topological polar surface area (TPSA) is 32.9 Å². The van der Waals surface area contributed by atoms with Gasteiger partial charge in [0.05, 0.1) is 18.5 Å². The van der Waals surface area contributed by atoms with Crippen LogP contribution in [0.25, 0.3) is 0 Å². The van der Waals surface area contributed by atoms with Crippen LogP contribution in [0.5, 0.6) is 0 Å². The Kier molecular flexibility index (Phi) is 6.96. The quantitative estimate of drug-likeness (QED) is 0.521. The van der Waals surface area contributed by atoms with Crippen LogP contribution in [0.2, 0.25) is 0 Å². The summed E-state index contributed by atoms with van der Waals surface area (Å²) in [6.07, 6.45) is 0. The lowest BCUT2D eigenvalue weighted by atomic mass is 10.1. The average molecular weight is 395 g/mol. The molecule has 1 saturated heterocycles. The Labute approximate surface area is 164 Å². The van der Waals surface area contributed by atoms with Crippen LogP contribution in [0.15, 0.2) is 41.8 Å². The van der Waals surface area contributed by atoms with Crippen LogP contribution in [-0.2, 0) is 6.54 Å². The van der Waals surface area contributed by atoms with Crippen molar-refractivity contribution in [3.8, 4) is 0 Å². The third-order valence-electron chi connectivity index (χ3n) is 4.96. The molecule has 1 fully saturated rings. The molecule has 3 rings (SSSR count). The van der Waals surface area contributed by atoms with Crippen molar-refractivity contribution in [2.45, 2.75) is 12.6 Å². The van der Waals surface area contributed by atoms with Crippen LogP contribution in [0, 0.1) is 5.82 Å². The van der Waals surface area contributed by atoms with Gasteiger partial charge in [0.25, 0.3) is 0 Å². The number of hydrogen-bond acceptors (Lipinski definition) is 2. The van der Waals surface area contributed by atoms with E-state index in [-0.39, 0.29) is 5.82 Å². The van der Waals surface area contributed by atoms with Gasteiger partial charge in [0, 0.05) is 6.54 Å². The minimum absolute atomic E-state index is 0.217. The zero-order chi connectivity index (χ0) is 18.4. The van der Waals surface area contributed by atoms with Crippen molar-refractivity contribution in [3.63, 3.8) is 0 Å². The number of hydrogen-bond donors (Lipinski definition) is 4. The van der Waals surface area contributed by atoms with Gasteiger partial charge in [-0.1, -0.05) is 18.2 Å². The summed E-state index contributed by atoms with van der Waals surface area (Å²) < 4.78 is 13.0. The molecular formula is C19H27FN4S2+2. The Hall–Kier alpha value is -1.54. The van der Waals surface area contributed by atoms with Gasteiger partial charge in [-0.15, -0.1) is 11.3 Å². The van der Waals surface area contributed by atoms with Crippen molar-refractivity contribution in [2.24, 2.45) is 0 Å². The predicted octanol–water partition coefficient (Wildman–Crippen LogP) is 0.00580. The molecule has 1 aromatic heterocycles. The summed E-state index contributed by atoms with van der Waals surface area (Å²) >= 11 is 7.26. The lowest BCUT2D eigenvalue weighted by Crippen LogP contribution is -3.27. The standard InChI is InChI=1S/C19H25FN4S2/c1-23-8-10-24(11-9-23)17(18-3-2-12-26-18)14-22-19(25)21-13-15-4-6-16(20)7-5-15/h2-7,12,17H,8-11,13-14H2,1H3,(H2,21,22,25)/p+2/t17-/m1/s1. The Morgan fingerprint density at radius 1 is 1.15 bits per heavy atom. The number of rotatable bonds is 6. The molecule has 0 amide bonds. The molecule has 2 heterocycles. The molecule has 1 atom stereocenters. The fraction of sp³-hybridized carbons (Fsp3) is 0.421. The van der Waals surface area contributed by atoms with E-state index in [0.29, 0.717) is 17.7 Å². The average Bonchev–Trinajstić information content (AvgIpc) is 3.17. The first-order chi connectivity index (χ1) is 12.6. The number of quaternary nitrogens is 2. The fourth-order valence-corrected chi connectivity index (χ4v) is 4.37. The SMILES string of the molecule is C[NH+]1CC[NH+]([C@H](CNC(=S)NCc2ccc(F)cc2)c2cccs2)CC1. The van der Waals surface area contributed by atoms with Crippen molar-refractivity contribution < 1.29 is 14.2 Å². The molecule has 1 aliphatic rings.